The lowest BCUT2D eigenvalue weighted by molar-refractivity contribution is -0.142. The lowest BCUT2D eigenvalue weighted by Gasteiger charge is -2.34. The number of carbonyl (C=O) groups is 2. The molecule has 0 fully saturated rings. The van der Waals surface area contributed by atoms with Crippen molar-refractivity contribution in [3.63, 3.8) is 0 Å². The molecule has 0 saturated heterocycles. The van der Waals surface area contributed by atoms with Crippen LogP contribution in [0.15, 0.2) is 67.1 Å². The average Bonchev–Trinajstić information content (AvgIpc) is 2.73. The molecule has 1 aliphatic heterocycles. The molecule has 1 aromatic heterocycles. The summed E-state index contributed by atoms with van der Waals surface area (Å²) in [6, 6.07) is 13.7. The summed E-state index contributed by atoms with van der Waals surface area (Å²) in [6.45, 7) is 0.272. The maximum atomic E-state index is 13.1. The molecule has 3 aromatic rings. The van der Waals surface area contributed by atoms with Crippen LogP contribution in [0.5, 0.6) is 0 Å². The van der Waals surface area contributed by atoms with Gasteiger partial charge in [0.15, 0.2) is 0 Å². The third kappa shape index (κ3) is 3.55. The molecule has 0 radical (unpaired) electrons. The number of fused-ring (bicyclic) bond motifs is 1. The summed E-state index contributed by atoms with van der Waals surface area (Å²) in [5.41, 5.74) is 3.04. The first kappa shape index (κ1) is 17.7. The fraction of sp³-hybridized carbons (Fsp3) is 0.143. The Morgan fingerprint density at radius 3 is 2.64 bits per heavy atom. The van der Waals surface area contributed by atoms with Crippen LogP contribution < -0.4 is 5.32 Å². The van der Waals surface area contributed by atoms with Crippen LogP contribution in [0.4, 0.5) is 11.5 Å². The summed E-state index contributed by atoms with van der Waals surface area (Å²) < 4.78 is 0. The van der Waals surface area contributed by atoms with Crippen molar-refractivity contribution < 1.29 is 14.7 Å². The Morgan fingerprint density at radius 1 is 1.07 bits per heavy atom. The van der Waals surface area contributed by atoms with Gasteiger partial charge in [0, 0.05) is 36.6 Å². The second kappa shape index (κ2) is 7.48. The van der Waals surface area contributed by atoms with Crippen molar-refractivity contribution in [1.82, 2.24) is 14.9 Å². The van der Waals surface area contributed by atoms with Crippen LogP contribution in [0.2, 0.25) is 0 Å². The Kier molecular flexibility index (Phi) is 4.72. The van der Waals surface area contributed by atoms with Gasteiger partial charge in [0.1, 0.15) is 11.9 Å². The van der Waals surface area contributed by atoms with E-state index in [-0.39, 0.29) is 12.5 Å². The van der Waals surface area contributed by atoms with E-state index in [1.54, 1.807) is 36.8 Å². The number of hydrogen-bond acceptors (Lipinski definition) is 5. The summed E-state index contributed by atoms with van der Waals surface area (Å²) in [5.74, 6) is -0.760. The smallest absolute Gasteiger partial charge is 0.326 e. The van der Waals surface area contributed by atoms with Gasteiger partial charge < -0.3 is 15.3 Å². The van der Waals surface area contributed by atoms with Gasteiger partial charge in [0.2, 0.25) is 0 Å². The molecular formula is C21H18N4O3. The minimum Gasteiger partial charge on any atom is -0.480 e. The second-order valence-corrected chi connectivity index (χ2v) is 6.56. The highest BCUT2D eigenvalue weighted by molar-refractivity contribution is 5.97. The minimum atomic E-state index is -1.00. The molecule has 0 aliphatic carbocycles. The van der Waals surface area contributed by atoms with Crippen molar-refractivity contribution in [2.45, 2.75) is 19.0 Å². The number of carboxylic acids is 1. The largest absolute Gasteiger partial charge is 0.480 e. The molecule has 2 heterocycles. The maximum absolute atomic E-state index is 13.1. The van der Waals surface area contributed by atoms with Gasteiger partial charge in [-0.05, 0) is 29.3 Å². The van der Waals surface area contributed by atoms with E-state index in [0.29, 0.717) is 23.5 Å². The molecule has 0 unspecified atom stereocenters. The number of amides is 1. The third-order valence-electron chi connectivity index (χ3n) is 4.74. The zero-order valence-corrected chi connectivity index (χ0v) is 14.9. The summed E-state index contributed by atoms with van der Waals surface area (Å²) in [5, 5.41) is 12.7. The van der Waals surface area contributed by atoms with Gasteiger partial charge in [-0.1, -0.05) is 30.3 Å². The van der Waals surface area contributed by atoms with E-state index in [9.17, 15) is 14.7 Å². The van der Waals surface area contributed by atoms with Gasteiger partial charge in [0.25, 0.3) is 5.91 Å². The van der Waals surface area contributed by atoms with Crippen LogP contribution in [-0.2, 0) is 17.8 Å². The summed E-state index contributed by atoms with van der Waals surface area (Å²) >= 11 is 0. The van der Waals surface area contributed by atoms with E-state index in [2.05, 4.69) is 15.3 Å². The van der Waals surface area contributed by atoms with Crippen molar-refractivity contribution in [3.05, 3.63) is 83.8 Å². The molecule has 1 aliphatic rings. The minimum absolute atomic E-state index is 0.272. The molecule has 2 aromatic carbocycles. The lowest BCUT2D eigenvalue weighted by Crippen LogP contribution is -2.48. The van der Waals surface area contributed by atoms with Crippen molar-refractivity contribution in [2.75, 3.05) is 5.32 Å². The molecule has 0 spiro atoms. The van der Waals surface area contributed by atoms with Gasteiger partial charge in [0.05, 0.1) is 6.20 Å². The van der Waals surface area contributed by atoms with E-state index in [0.717, 1.165) is 11.1 Å². The van der Waals surface area contributed by atoms with E-state index in [4.69, 9.17) is 0 Å². The van der Waals surface area contributed by atoms with Crippen molar-refractivity contribution in [1.29, 1.82) is 0 Å². The monoisotopic (exact) mass is 374 g/mol. The zero-order chi connectivity index (χ0) is 19.5. The van der Waals surface area contributed by atoms with Crippen LogP contribution in [0.3, 0.4) is 0 Å². The third-order valence-corrected chi connectivity index (χ3v) is 4.74. The van der Waals surface area contributed by atoms with Gasteiger partial charge >= 0.3 is 5.97 Å². The quantitative estimate of drug-likeness (QED) is 0.729. The average molecular weight is 374 g/mol. The van der Waals surface area contributed by atoms with Gasteiger partial charge in [-0.15, -0.1) is 0 Å². The van der Waals surface area contributed by atoms with E-state index in [1.807, 2.05) is 30.3 Å². The van der Waals surface area contributed by atoms with Crippen LogP contribution >= 0.6 is 0 Å². The fourth-order valence-electron chi connectivity index (χ4n) is 3.36. The van der Waals surface area contributed by atoms with E-state index in [1.165, 1.54) is 4.90 Å². The fourth-order valence-corrected chi connectivity index (χ4v) is 3.36. The number of hydrogen-bond donors (Lipinski definition) is 2. The molecule has 0 saturated carbocycles. The number of benzene rings is 2. The molecule has 1 amide bonds. The topological polar surface area (TPSA) is 95.4 Å². The summed E-state index contributed by atoms with van der Waals surface area (Å²) in [7, 11) is 0. The summed E-state index contributed by atoms with van der Waals surface area (Å²) in [4.78, 5) is 34.5. The second-order valence-electron chi connectivity index (χ2n) is 6.56. The van der Waals surface area contributed by atoms with E-state index >= 15 is 0 Å². The molecule has 7 nitrogen and oxygen atoms in total. The standard InChI is InChI=1S/C21H18N4O3/c26-20(15-6-3-7-17(10-15)24-19-12-22-8-9-23-19)25-13-16-5-2-1-4-14(16)11-18(25)21(27)28/h1-10,12,18H,11,13H2,(H,23,24)(H,27,28)/t18-/m1/s1. The van der Waals surface area contributed by atoms with Gasteiger partial charge in [-0.3, -0.25) is 9.78 Å². The number of rotatable bonds is 4. The Bertz CT molecular complexity index is 1020. The Morgan fingerprint density at radius 2 is 1.89 bits per heavy atom. The number of carboxylic acid groups (broad SMARTS) is 1. The Hall–Kier alpha value is -3.74. The van der Waals surface area contributed by atoms with Gasteiger partial charge in [-0.2, -0.15) is 0 Å². The Labute approximate surface area is 161 Å². The number of aromatic nitrogens is 2. The number of carbonyl (C=O) groups excluding carboxylic acids is 1. The SMILES string of the molecule is O=C(O)[C@H]1Cc2ccccc2CN1C(=O)c1cccc(Nc2cnccn2)c1. The highest BCUT2D eigenvalue weighted by Crippen LogP contribution is 2.26. The molecule has 140 valence electrons. The first-order valence-corrected chi connectivity index (χ1v) is 8.85. The molecule has 4 rings (SSSR count). The highest BCUT2D eigenvalue weighted by atomic mass is 16.4. The first-order chi connectivity index (χ1) is 13.6. The van der Waals surface area contributed by atoms with Crippen molar-refractivity contribution in [3.8, 4) is 0 Å². The molecule has 0 bridgehead atoms. The predicted molar refractivity (Wildman–Crippen MR) is 103 cm³/mol. The van der Waals surface area contributed by atoms with Crippen LogP contribution in [0, 0.1) is 0 Å². The first-order valence-electron chi connectivity index (χ1n) is 8.85. The molecule has 7 heteroatoms. The molecule has 28 heavy (non-hydrogen) atoms. The maximum Gasteiger partial charge on any atom is 0.326 e. The number of aliphatic carboxylic acids is 1. The molecule has 1 atom stereocenters. The molecular weight excluding hydrogens is 356 g/mol. The van der Waals surface area contributed by atoms with Crippen LogP contribution in [-0.4, -0.2) is 37.9 Å². The van der Waals surface area contributed by atoms with E-state index < -0.39 is 12.0 Å². The summed E-state index contributed by atoms with van der Waals surface area (Å²) in [6.07, 6.45) is 5.02. The van der Waals surface area contributed by atoms with Crippen molar-refractivity contribution in [2.24, 2.45) is 0 Å². The highest BCUT2D eigenvalue weighted by Gasteiger charge is 2.34. The van der Waals surface area contributed by atoms with Crippen LogP contribution in [0.25, 0.3) is 0 Å². The Balaban J connectivity index is 1.61. The van der Waals surface area contributed by atoms with Gasteiger partial charge in [-0.25, -0.2) is 9.78 Å². The number of nitrogens with one attached hydrogen (secondary N) is 1. The number of nitrogens with zero attached hydrogens (tertiary/aromatic N) is 3. The molecule has 2 N–H and O–H groups in total. The predicted octanol–water partition coefficient (Wildman–Crippen LogP) is 2.87. The number of anilines is 2. The van der Waals surface area contributed by atoms with Crippen LogP contribution in [0.1, 0.15) is 21.5 Å². The van der Waals surface area contributed by atoms with Crippen molar-refractivity contribution >= 4 is 23.4 Å². The lowest BCUT2D eigenvalue weighted by atomic mass is 9.93. The zero-order valence-electron chi connectivity index (χ0n) is 14.9. The normalized spacial score (nSPS) is 15.6.